The summed E-state index contributed by atoms with van der Waals surface area (Å²) in [6.07, 6.45) is 6.30. The van der Waals surface area contributed by atoms with Crippen LogP contribution in [0.4, 0.5) is 0 Å². The highest BCUT2D eigenvalue weighted by Gasteiger charge is 2.64. The fourth-order valence-corrected chi connectivity index (χ4v) is 6.85. The molecule has 4 fully saturated rings. The molecule has 0 aliphatic heterocycles. The molecule has 0 amide bonds. The van der Waals surface area contributed by atoms with Crippen molar-refractivity contribution in [3.8, 4) is 0 Å². The second kappa shape index (κ2) is 2.57. The Morgan fingerprint density at radius 3 is 2.14 bits per heavy atom. The van der Waals surface area contributed by atoms with Gasteiger partial charge in [-0.05, 0) is 72.8 Å². The Balaban J connectivity index is 1.73. The summed E-state index contributed by atoms with van der Waals surface area (Å²) in [6.45, 7) is 2.52. The lowest BCUT2D eigenvalue weighted by molar-refractivity contribution is 0.0254. The number of hydrogen-bond acceptors (Lipinski definition) is 0. The van der Waals surface area contributed by atoms with Gasteiger partial charge in [-0.3, -0.25) is 0 Å². The third-order valence-corrected chi connectivity index (χ3v) is 6.97. The van der Waals surface area contributed by atoms with Crippen LogP contribution in [0.25, 0.3) is 0 Å². The van der Waals surface area contributed by atoms with E-state index in [9.17, 15) is 0 Å². The van der Waals surface area contributed by atoms with E-state index in [4.69, 9.17) is 0 Å². The van der Waals surface area contributed by atoms with Crippen LogP contribution in [0.5, 0.6) is 0 Å². The van der Waals surface area contributed by atoms with Gasteiger partial charge in [0.05, 0.1) is 0 Å². The standard InChI is InChI=1S/C13H21P/c1-6-4-11(14)13-10-5-9(12(6)13)7-2-3-8(7)10/h6-13H,2-5,14H2,1H3. The average Bonchev–Trinajstić information content (AvgIpc) is 2.60. The Hall–Kier alpha value is 0.430. The van der Waals surface area contributed by atoms with Crippen molar-refractivity contribution in [1.82, 2.24) is 0 Å². The van der Waals surface area contributed by atoms with Crippen molar-refractivity contribution in [3.63, 3.8) is 0 Å². The summed E-state index contributed by atoms with van der Waals surface area (Å²) < 4.78 is 0. The van der Waals surface area contributed by atoms with E-state index in [0.717, 1.165) is 29.3 Å². The van der Waals surface area contributed by atoms with E-state index < -0.39 is 0 Å². The second-order valence-corrected chi connectivity index (χ2v) is 7.36. The van der Waals surface area contributed by atoms with E-state index in [2.05, 4.69) is 16.2 Å². The van der Waals surface area contributed by atoms with Gasteiger partial charge in [-0.15, -0.1) is 9.24 Å². The van der Waals surface area contributed by atoms with Crippen molar-refractivity contribution in [1.29, 1.82) is 0 Å². The molecule has 0 aromatic rings. The minimum Gasteiger partial charge on any atom is -0.134 e. The van der Waals surface area contributed by atoms with Gasteiger partial charge in [0.1, 0.15) is 0 Å². The van der Waals surface area contributed by atoms with Crippen LogP contribution in [0, 0.1) is 41.4 Å². The summed E-state index contributed by atoms with van der Waals surface area (Å²) in [5, 5.41) is 0. The first-order valence-electron chi connectivity index (χ1n) is 6.53. The molecular weight excluding hydrogens is 187 g/mol. The van der Waals surface area contributed by atoms with Crippen molar-refractivity contribution in [2.75, 3.05) is 0 Å². The topological polar surface area (TPSA) is 0 Å². The summed E-state index contributed by atoms with van der Waals surface area (Å²) in [4.78, 5) is 0. The molecule has 0 nitrogen and oxygen atoms in total. The predicted octanol–water partition coefficient (Wildman–Crippen LogP) is 3.18. The van der Waals surface area contributed by atoms with Gasteiger partial charge in [-0.2, -0.15) is 0 Å². The Morgan fingerprint density at radius 1 is 0.857 bits per heavy atom. The van der Waals surface area contributed by atoms with Crippen LogP contribution in [-0.2, 0) is 0 Å². The van der Waals surface area contributed by atoms with Crippen LogP contribution in [0.15, 0.2) is 0 Å². The van der Waals surface area contributed by atoms with Crippen LogP contribution in [0.3, 0.4) is 0 Å². The van der Waals surface area contributed by atoms with Crippen LogP contribution in [0.1, 0.15) is 32.6 Å². The van der Waals surface area contributed by atoms with Gasteiger partial charge >= 0.3 is 0 Å². The molecule has 14 heavy (non-hydrogen) atoms. The Morgan fingerprint density at radius 2 is 1.50 bits per heavy atom. The minimum atomic E-state index is 0.978. The Kier molecular flexibility index (Phi) is 1.57. The fraction of sp³-hybridized carbons (Fsp3) is 1.00. The van der Waals surface area contributed by atoms with Gasteiger partial charge in [0, 0.05) is 0 Å². The van der Waals surface area contributed by atoms with Gasteiger partial charge in [0.2, 0.25) is 0 Å². The molecule has 0 N–H and O–H groups in total. The highest BCUT2D eigenvalue weighted by atomic mass is 31.0. The first-order chi connectivity index (χ1) is 6.77. The van der Waals surface area contributed by atoms with Crippen LogP contribution >= 0.6 is 9.24 Å². The maximum absolute atomic E-state index is 3.17. The lowest BCUT2D eigenvalue weighted by Crippen LogP contribution is -2.41. The number of fused-ring (bicyclic) bond motifs is 8. The van der Waals surface area contributed by atoms with E-state index in [-0.39, 0.29) is 0 Å². The van der Waals surface area contributed by atoms with Gasteiger partial charge < -0.3 is 0 Å². The molecule has 0 saturated heterocycles. The van der Waals surface area contributed by atoms with Gasteiger partial charge in [0.25, 0.3) is 0 Å². The first-order valence-corrected chi connectivity index (χ1v) is 7.19. The maximum atomic E-state index is 3.17. The quantitative estimate of drug-likeness (QED) is 0.536. The Labute approximate surface area is 89.4 Å². The maximum Gasteiger partial charge on any atom is -0.0228 e. The minimum absolute atomic E-state index is 0.978. The summed E-state index contributed by atoms with van der Waals surface area (Å²) >= 11 is 0. The highest BCUT2D eigenvalue weighted by molar-refractivity contribution is 7.17. The molecule has 0 radical (unpaired) electrons. The van der Waals surface area contributed by atoms with E-state index in [1.807, 2.05) is 0 Å². The van der Waals surface area contributed by atoms with Crippen molar-refractivity contribution in [2.24, 2.45) is 41.4 Å². The number of rotatable bonds is 0. The van der Waals surface area contributed by atoms with E-state index in [1.165, 1.54) is 24.2 Å². The lowest BCUT2D eigenvalue weighted by Gasteiger charge is -2.47. The molecule has 78 valence electrons. The molecular formula is C13H21P. The second-order valence-electron chi connectivity index (χ2n) is 6.50. The fourth-order valence-electron chi connectivity index (χ4n) is 5.88. The molecule has 1 heteroatoms. The van der Waals surface area contributed by atoms with Crippen molar-refractivity contribution in [2.45, 2.75) is 38.3 Å². The van der Waals surface area contributed by atoms with Gasteiger partial charge in [0.15, 0.2) is 0 Å². The SMILES string of the molecule is CC1CC(P)C2C3CC(C4CCC43)C12. The van der Waals surface area contributed by atoms with E-state index in [0.29, 0.717) is 0 Å². The number of hydrogen-bond donors (Lipinski definition) is 0. The van der Waals surface area contributed by atoms with Crippen LogP contribution < -0.4 is 0 Å². The monoisotopic (exact) mass is 208 g/mol. The van der Waals surface area contributed by atoms with Crippen molar-refractivity contribution in [3.05, 3.63) is 0 Å². The largest absolute Gasteiger partial charge is 0.134 e. The van der Waals surface area contributed by atoms with Crippen LogP contribution in [-0.4, -0.2) is 5.66 Å². The third kappa shape index (κ3) is 0.787. The zero-order valence-corrected chi connectivity index (χ0v) is 10.2. The van der Waals surface area contributed by atoms with Gasteiger partial charge in [-0.25, -0.2) is 0 Å². The van der Waals surface area contributed by atoms with Crippen molar-refractivity contribution >= 4 is 9.24 Å². The summed E-state index contributed by atoms with van der Waals surface area (Å²) in [7, 11) is 3.17. The predicted molar refractivity (Wildman–Crippen MR) is 62.1 cm³/mol. The third-order valence-electron chi connectivity index (χ3n) is 6.26. The molecule has 2 bridgehead atoms. The van der Waals surface area contributed by atoms with Crippen LogP contribution in [0.2, 0.25) is 0 Å². The summed E-state index contributed by atoms with van der Waals surface area (Å²) in [6, 6.07) is 0. The first kappa shape index (κ1) is 8.57. The normalized spacial score (nSPS) is 69.0. The Bertz CT molecular complexity index is 248. The van der Waals surface area contributed by atoms with E-state index >= 15 is 0 Å². The molecule has 4 aliphatic rings. The highest BCUT2D eigenvalue weighted by Crippen LogP contribution is 2.70. The van der Waals surface area contributed by atoms with Gasteiger partial charge in [-0.1, -0.05) is 6.92 Å². The molecule has 0 aromatic heterocycles. The molecule has 4 rings (SSSR count). The van der Waals surface area contributed by atoms with Crippen molar-refractivity contribution < 1.29 is 0 Å². The lowest BCUT2D eigenvalue weighted by atomic mass is 9.59. The molecule has 0 aromatic carbocycles. The molecule has 9 unspecified atom stereocenters. The zero-order valence-electron chi connectivity index (χ0n) is 9.02. The smallest absolute Gasteiger partial charge is 0.0228 e. The molecule has 0 spiro atoms. The zero-order chi connectivity index (χ0) is 9.45. The molecule has 4 aliphatic carbocycles. The summed E-state index contributed by atoms with van der Waals surface area (Å²) in [5.74, 6) is 8.03. The van der Waals surface area contributed by atoms with E-state index in [1.54, 1.807) is 19.3 Å². The summed E-state index contributed by atoms with van der Waals surface area (Å²) in [5.41, 5.74) is 0.978. The average molecular weight is 208 g/mol. The molecule has 9 atom stereocenters. The molecule has 4 saturated carbocycles. The molecule has 0 heterocycles.